The molecule has 0 aliphatic heterocycles. The van der Waals surface area contributed by atoms with Crippen LogP contribution < -0.4 is 4.72 Å². The monoisotopic (exact) mass is 267 g/mol. The van der Waals surface area contributed by atoms with Gasteiger partial charge in [0.1, 0.15) is 22.2 Å². The second-order valence-electron chi connectivity index (χ2n) is 3.98. The fourth-order valence-corrected chi connectivity index (χ4v) is 2.77. The molecule has 7 nitrogen and oxygen atoms in total. The van der Waals surface area contributed by atoms with Gasteiger partial charge < -0.3 is 5.11 Å². The van der Waals surface area contributed by atoms with E-state index in [4.69, 9.17) is 10.4 Å². The van der Waals surface area contributed by atoms with Crippen molar-refractivity contribution in [2.45, 2.75) is 23.3 Å². The minimum atomic E-state index is -3.93. The van der Waals surface area contributed by atoms with Gasteiger partial charge in [-0.05, 0) is 25.0 Å². The molecule has 1 saturated carbocycles. The molecular formula is C10H9N3O4S. The second kappa shape index (κ2) is 4.04. The summed E-state index contributed by atoms with van der Waals surface area (Å²) in [5.74, 6) is -1.19. The van der Waals surface area contributed by atoms with Crippen LogP contribution in [0.15, 0.2) is 23.2 Å². The van der Waals surface area contributed by atoms with Gasteiger partial charge >= 0.3 is 5.97 Å². The number of carbonyl (C=O) groups is 1. The first-order valence-electron chi connectivity index (χ1n) is 5.03. The third-order valence-electron chi connectivity index (χ3n) is 2.65. The Kier molecular flexibility index (Phi) is 2.80. The average molecular weight is 267 g/mol. The Balaban J connectivity index is 2.26. The minimum Gasteiger partial charge on any atom is -0.480 e. The molecule has 1 aliphatic carbocycles. The van der Waals surface area contributed by atoms with E-state index >= 15 is 0 Å². The quantitative estimate of drug-likeness (QED) is 0.782. The summed E-state index contributed by atoms with van der Waals surface area (Å²) in [4.78, 5) is 14.4. The zero-order valence-electron chi connectivity index (χ0n) is 9.12. The largest absolute Gasteiger partial charge is 0.480 e. The molecule has 94 valence electrons. The summed E-state index contributed by atoms with van der Waals surface area (Å²) < 4.78 is 25.9. The summed E-state index contributed by atoms with van der Waals surface area (Å²) in [5.41, 5.74) is -1.29. The fourth-order valence-electron chi connectivity index (χ4n) is 1.41. The normalized spacial score (nSPS) is 16.8. The van der Waals surface area contributed by atoms with E-state index in [9.17, 15) is 13.2 Å². The number of aliphatic carboxylic acids is 1. The van der Waals surface area contributed by atoms with Crippen LogP contribution in [0.5, 0.6) is 0 Å². The van der Waals surface area contributed by atoms with E-state index in [1.807, 2.05) is 0 Å². The Hall–Kier alpha value is -1.98. The summed E-state index contributed by atoms with van der Waals surface area (Å²) in [5, 5.41) is 17.5. The first-order valence-corrected chi connectivity index (χ1v) is 6.51. The van der Waals surface area contributed by atoms with E-state index in [-0.39, 0.29) is 23.4 Å². The van der Waals surface area contributed by atoms with E-state index in [0.717, 1.165) is 6.20 Å². The molecule has 1 aromatic heterocycles. The Morgan fingerprint density at radius 1 is 1.50 bits per heavy atom. The molecule has 1 fully saturated rings. The molecule has 1 aliphatic rings. The van der Waals surface area contributed by atoms with Crippen molar-refractivity contribution in [1.82, 2.24) is 9.71 Å². The molecule has 0 radical (unpaired) electrons. The van der Waals surface area contributed by atoms with Crippen LogP contribution in [0.3, 0.4) is 0 Å². The Morgan fingerprint density at radius 2 is 2.17 bits per heavy atom. The number of nitrogens with zero attached hydrogens (tertiary/aromatic N) is 2. The van der Waals surface area contributed by atoms with Crippen LogP contribution >= 0.6 is 0 Å². The number of aromatic nitrogens is 1. The molecule has 8 heteroatoms. The predicted molar refractivity (Wildman–Crippen MR) is 58.9 cm³/mol. The zero-order chi connectivity index (χ0) is 13.4. The molecule has 18 heavy (non-hydrogen) atoms. The van der Waals surface area contributed by atoms with Crippen LogP contribution in [-0.2, 0) is 14.8 Å². The molecular weight excluding hydrogens is 258 g/mol. The van der Waals surface area contributed by atoms with E-state index < -0.39 is 21.5 Å². The number of carboxylic acids is 1. The van der Waals surface area contributed by atoms with Crippen molar-refractivity contribution in [1.29, 1.82) is 5.26 Å². The minimum absolute atomic E-state index is 0.0910. The molecule has 0 spiro atoms. The molecule has 1 aromatic rings. The average Bonchev–Trinajstić information content (AvgIpc) is 3.09. The van der Waals surface area contributed by atoms with Gasteiger partial charge in [0.05, 0.1) is 0 Å². The van der Waals surface area contributed by atoms with Gasteiger partial charge in [-0.2, -0.15) is 9.98 Å². The maximum atomic E-state index is 11.9. The summed E-state index contributed by atoms with van der Waals surface area (Å²) in [6.07, 6.45) is 1.56. The Labute approximate surface area is 103 Å². The third kappa shape index (κ3) is 2.18. The lowest BCUT2D eigenvalue weighted by atomic mass is 10.3. The number of nitriles is 1. The lowest BCUT2D eigenvalue weighted by molar-refractivity contribution is -0.140. The van der Waals surface area contributed by atoms with Gasteiger partial charge in [0.25, 0.3) is 0 Å². The van der Waals surface area contributed by atoms with Crippen molar-refractivity contribution in [2.24, 2.45) is 0 Å². The fraction of sp³-hybridized carbons (Fsp3) is 0.300. The molecule has 1 heterocycles. The van der Waals surface area contributed by atoms with Crippen molar-refractivity contribution in [2.75, 3.05) is 0 Å². The number of sulfonamides is 1. The molecule has 0 amide bonds. The van der Waals surface area contributed by atoms with Crippen LogP contribution in [0.2, 0.25) is 0 Å². The molecule has 0 atom stereocenters. The van der Waals surface area contributed by atoms with Crippen molar-refractivity contribution < 1.29 is 18.3 Å². The van der Waals surface area contributed by atoms with Gasteiger partial charge in [-0.15, -0.1) is 0 Å². The van der Waals surface area contributed by atoms with Crippen molar-refractivity contribution in [3.8, 4) is 6.07 Å². The Morgan fingerprint density at radius 3 is 2.56 bits per heavy atom. The topological polar surface area (TPSA) is 120 Å². The van der Waals surface area contributed by atoms with Crippen molar-refractivity contribution in [3.05, 3.63) is 24.0 Å². The summed E-state index contributed by atoms with van der Waals surface area (Å²) in [7, 11) is -3.93. The van der Waals surface area contributed by atoms with Gasteiger partial charge in [-0.3, -0.25) is 4.79 Å². The SMILES string of the molecule is N#Cc1ccc(S(=O)(=O)NC2(C(=O)O)CC2)cn1. The highest BCUT2D eigenvalue weighted by molar-refractivity contribution is 7.89. The first kappa shape index (κ1) is 12.5. The van der Waals surface area contributed by atoms with Gasteiger partial charge in [0, 0.05) is 6.20 Å². The highest BCUT2D eigenvalue weighted by atomic mass is 32.2. The van der Waals surface area contributed by atoms with E-state index in [1.165, 1.54) is 12.1 Å². The summed E-state index contributed by atoms with van der Waals surface area (Å²) >= 11 is 0. The molecule has 0 unspecified atom stereocenters. The number of hydrogen-bond donors (Lipinski definition) is 2. The highest BCUT2D eigenvalue weighted by Gasteiger charge is 2.53. The van der Waals surface area contributed by atoms with Crippen LogP contribution in [0.25, 0.3) is 0 Å². The molecule has 0 bridgehead atoms. The zero-order valence-corrected chi connectivity index (χ0v) is 9.94. The molecule has 2 rings (SSSR count). The predicted octanol–water partition coefficient (Wildman–Crippen LogP) is -0.151. The number of pyridine rings is 1. The van der Waals surface area contributed by atoms with Gasteiger partial charge in [-0.25, -0.2) is 13.4 Å². The number of nitrogens with one attached hydrogen (secondary N) is 1. The molecule has 2 N–H and O–H groups in total. The lowest BCUT2D eigenvalue weighted by Gasteiger charge is -2.12. The van der Waals surface area contributed by atoms with Crippen molar-refractivity contribution >= 4 is 16.0 Å². The number of carboxylic acid groups (broad SMARTS) is 1. The second-order valence-corrected chi connectivity index (χ2v) is 5.67. The standard InChI is InChI=1S/C10H9N3O4S/c11-5-7-1-2-8(6-12-7)18(16,17)13-10(3-4-10)9(14)15/h1-2,6,13H,3-4H2,(H,14,15). The van der Waals surface area contributed by atoms with Crippen molar-refractivity contribution in [3.63, 3.8) is 0 Å². The lowest BCUT2D eigenvalue weighted by Crippen LogP contribution is -2.42. The summed E-state index contributed by atoms with van der Waals surface area (Å²) in [6, 6.07) is 4.24. The van der Waals surface area contributed by atoms with Crippen LogP contribution in [-0.4, -0.2) is 30.0 Å². The van der Waals surface area contributed by atoms with Crippen LogP contribution in [0.1, 0.15) is 18.5 Å². The van der Waals surface area contributed by atoms with E-state index in [2.05, 4.69) is 9.71 Å². The third-order valence-corrected chi connectivity index (χ3v) is 4.17. The maximum absolute atomic E-state index is 11.9. The van der Waals surface area contributed by atoms with Crippen LogP contribution in [0.4, 0.5) is 0 Å². The van der Waals surface area contributed by atoms with Crippen LogP contribution in [0, 0.1) is 11.3 Å². The van der Waals surface area contributed by atoms with E-state index in [1.54, 1.807) is 6.07 Å². The van der Waals surface area contributed by atoms with Gasteiger partial charge in [0.2, 0.25) is 10.0 Å². The number of hydrogen-bond acceptors (Lipinski definition) is 5. The maximum Gasteiger partial charge on any atom is 0.324 e. The highest BCUT2D eigenvalue weighted by Crippen LogP contribution is 2.37. The van der Waals surface area contributed by atoms with Gasteiger partial charge in [-0.1, -0.05) is 0 Å². The number of rotatable bonds is 4. The molecule has 0 saturated heterocycles. The Bertz CT molecular complexity index is 626. The smallest absolute Gasteiger partial charge is 0.324 e. The molecule has 0 aromatic carbocycles. The van der Waals surface area contributed by atoms with Gasteiger partial charge in [0.15, 0.2) is 0 Å². The summed E-state index contributed by atoms with van der Waals surface area (Å²) in [6.45, 7) is 0. The first-order chi connectivity index (χ1) is 8.39. The van der Waals surface area contributed by atoms with E-state index in [0.29, 0.717) is 0 Å².